The van der Waals surface area contributed by atoms with Crippen LogP contribution in [0.25, 0.3) is 0 Å². The normalized spacial score (nSPS) is 23.4. The van der Waals surface area contributed by atoms with E-state index in [0.717, 1.165) is 45.1 Å². The van der Waals surface area contributed by atoms with E-state index in [9.17, 15) is 4.79 Å². The maximum Gasteiger partial charge on any atom is 0.270 e. The molecule has 0 saturated carbocycles. The van der Waals surface area contributed by atoms with Gasteiger partial charge in [-0.1, -0.05) is 5.92 Å². The zero-order chi connectivity index (χ0) is 13.3. The predicted octanol–water partition coefficient (Wildman–Crippen LogP) is 2.99. The van der Waals surface area contributed by atoms with Crippen LogP contribution >= 0.6 is 0 Å². The molecule has 0 aromatic rings. The number of hydrogen-bond donors (Lipinski definition) is 0. The van der Waals surface area contributed by atoms with Crippen molar-refractivity contribution < 1.29 is 14.3 Å². The number of carbonyl (C=O) groups is 1. The van der Waals surface area contributed by atoms with Crippen molar-refractivity contribution in [3.8, 4) is 11.8 Å². The lowest BCUT2D eigenvalue weighted by molar-refractivity contribution is -0.113. The number of ether oxygens (including phenoxy) is 2. The molecular weight excluding hydrogens is 240 g/mol. The first-order valence-electron chi connectivity index (χ1n) is 7.34. The third-order valence-electron chi connectivity index (χ3n) is 3.48. The van der Waals surface area contributed by atoms with Gasteiger partial charge in [0.05, 0.1) is 12.7 Å². The highest BCUT2D eigenvalue weighted by Crippen LogP contribution is 2.16. The molecule has 1 unspecified atom stereocenters. The number of Topliss-reactive ketones (excluding diaryl/α,β-unsaturated/α-hetero) is 1. The molecular formula is C16H22O3. The smallest absolute Gasteiger partial charge is 0.270 e. The van der Waals surface area contributed by atoms with Gasteiger partial charge in [-0.3, -0.25) is 4.79 Å². The first kappa shape index (κ1) is 14.1. The summed E-state index contributed by atoms with van der Waals surface area (Å²) in [6.07, 6.45) is 10.4. The van der Waals surface area contributed by atoms with Gasteiger partial charge in [-0.15, -0.1) is 0 Å². The minimum absolute atomic E-state index is 0.175. The molecule has 3 nitrogen and oxygen atoms in total. The molecule has 2 heterocycles. The molecule has 0 amide bonds. The van der Waals surface area contributed by atoms with Crippen LogP contribution < -0.4 is 0 Å². The Morgan fingerprint density at radius 3 is 3.00 bits per heavy atom. The first-order valence-corrected chi connectivity index (χ1v) is 7.34. The van der Waals surface area contributed by atoms with Gasteiger partial charge >= 0.3 is 0 Å². The molecule has 19 heavy (non-hydrogen) atoms. The van der Waals surface area contributed by atoms with E-state index in [1.165, 1.54) is 12.8 Å². The molecule has 3 heteroatoms. The fourth-order valence-electron chi connectivity index (χ4n) is 2.35. The average Bonchev–Trinajstić information content (AvgIpc) is 2.73. The van der Waals surface area contributed by atoms with Crippen LogP contribution in [0.5, 0.6) is 0 Å². The van der Waals surface area contributed by atoms with Gasteiger partial charge < -0.3 is 9.47 Å². The first-order chi connectivity index (χ1) is 9.36. The fourth-order valence-corrected chi connectivity index (χ4v) is 2.35. The molecule has 0 bridgehead atoms. The second-order valence-electron chi connectivity index (χ2n) is 5.07. The molecule has 0 N–H and O–H groups in total. The maximum absolute atomic E-state index is 11.8. The third kappa shape index (κ3) is 5.08. The summed E-state index contributed by atoms with van der Waals surface area (Å²) in [5.41, 5.74) is 0. The molecule has 0 aliphatic carbocycles. The summed E-state index contributed by atoms with van der Waals surface area (Å²) >= 11 is 0. The SMILES string of the molecule is O=C(C#CCCC1CCCCO1)C1=CCCCCO1. The summed E-state index contributed by atoms with van der Waals surface area (Å²) in [5.74, 6) is 5.90. The van der Waals surface area contributed by atoms with Gasteiger partial charge in [0.15, 0.2) is 5.76 Å². The van der Waals surface area contributed by atoms with Crippen LogP contribution in [0.15, 0.2) is 11.8 Å². The Morgan fingerprint density at radius 2 is 2.16 bits per heavy atom. The van der Waals surface area contributed by atoms with Gasteiger partial charge in [0.1, 0.15) is 0 Å². The lowest BCUT2D eigenvalue weighted by atomic mass is 10.0. The van der Waals surface area contributed by atoms with E-state index in [0.29, 0.717) is 18.5 Å². The van der Waals surface area contributed by atoms with Crippen molar-refractivity contribution in [1.29, 1.82) is 0 Å². The standard InChI is InChI=1S/C16H22O3/c17-15(16-11-2-1-6-13-19-16)10-4-3-8-14-9-5-7-12-18-14/h11,14H,1-3,5-9,12-13H2. The molecule has 1 atom stereocenters. The van der Waals surface area contributed by atoms with Crippen molar-refractivity contribution in [3.63, 3.8) is 0 Å². The summed E-state index contributed by atoms with van der Waals surface area (Å²) < 4.78 is 11.0. The largest absolute Gasteiger partial charge is 0.489 e. The maximum atomic E-state index is 11.8. The van der Waals surface area contributed by atoms with Crippen LogP contribution in [-0.2, 0) is 14.3 Å². The van der Waals surface area contributed by atoms with E-state index in [-0.39, 0.29) is 5.78 Å². The Bertz CT molecular complexity index is 381. The molecule has 104 valence electrons. The Balaban J connectivity index is 1.72. The van der Waals surface area contributed by atoms with Crippen LogP contribution in [0.1, 0.15) is 51.4 Å². The quantitative estimate of drug-likeness (QED) is 0.579. The molecule has 2 aliphatic rings. The van der Waals surface area contributed by atoms with Crippen molar-refractivity contribution in [2.24, 2.45) is 0 Å². The van der Waals surface area contributed by atoms with Crippen molar-refractivity contribution >= 4 is 5.78 Å². The second kappa shape index (κ2) is 8.01. The van der Waals surface area contributed by atoms with E-state index in [1.807, 2.05) is 6.08 Å². The fraction of sp³-hybridized carbons (Fsp3) is 0.688. The Labute approximate surface area is 115 Å². The van der Waals surface area contributed by atoms with Crippen LogP contribution in [0.4, 0.5) is 0 Å². The zero-order valence-electron chi connectivity index (χ0n) is 11.5. The lowest BCUT2D eigenvalue weighted by Gasteiger charge is -2.21. The van der Waals surface area contributed by atoms with Crippen molar-refractivity contribution in [2.45, 2.75) is 57.5 Å². The Kier molecular flexibility index (Phi) is 5.97. The third-order valence-corrected chi connectivity index (χ3v) is 3.48. The Morgan fingerprint density at radius 1 is 1.26 bits per heavy atom. The number of ketones is 1. The molecule has 2 rings (SSSR count). The molecule has 2 aliphatic heterocycles. The van der Waals surface area contributed by atoms with E-state index in [2.05, 4.69) is 11.8 Å². The summed E-state index contributed by atoms with van der Waals surface area (Å²) in [6, 6.07) is 0. The van der Waals surface area contributed by atoms with Crippen LogP contribution in [0.3, 0.4) is 0 Å². The lowest BCUT2D eigenvalue weighted by Crippen LogP contribution is -2.18. The van der Waals surface area contributed by atoms with Gasteiger partial charge in [0.2, 0.25) is 0 Å². The minimum atomic E-state index is -0.175. The number of rotatable bonds is 3. The molecule has 0 radical (unpaired) electrons. The summed E-state index contributed by atoms with van der Waals surface area (Å²) in [6.45, 7) is 1.51. The molecule has 0 aromatic heterocycles. The number of hydrogen-bond acceptors (Lipinski definition) is 3. The Hall–Kier alpha value is -1.27. The summed E-state index contributed by atoms with van der Waals surface area (Å²) in [5, 5.41) is 0. The van der Waals surface area contributed by atoms with Crippen LogP contribution in [-0.4, -0.2) is 25.1 Å². The van der Waals surface area contributed by atoms with Crippen molar-refractivity contribution in [2.75, 3.05) is 13.2 Å². The van der Waals surface area contributed by atoms with Gasteiger partial charge in [-0.05, 0) is 56.9 Å². The van der Waals surface area contributed by atoms with E-state index >= 15 is 0 Å². The molecule has 1 saturated heterocycles. The molecule has 1 fully saturated rings. The van der Waals surface area contributed by atoms with Gasteiger partial charge in [0.25, 0.3) is 5.78 Å². The van der Waals surface area contributed by atoms with E-state index in [1.54, 1.807) is 0 Å². The van der Waals surface area contributed by atoms with Gasteiger partial charge in [0, 0.05) is 13.0 Å². The highest BCUT2D eigenvalue weighted by Gasteiger charge is 2.13. The minimum Gasteiger partial charge on any atom is -0.489 e. The van der Waals surface area contributed by atoms with Crippen LogP contribution in [0, 0.1) is 11.8 Å². The molecule has 0 spiro atoms. The topological polar surface area (TPSA) is 35.5 Å². The van der Waals surface area contributed by atoms with Gasteiger partial charge in [-0.2, -0.15) is 0 Å². The summed E-state index contributed by atoms with van der Waals surface area (Å²) in [4.78, 5) is 11.8. The van der Waals surface area contributed by atoms with E-state index < -0.39 is 0 Å². The summed E-state index contributed by atoms with van der Waals surface area (Å²) in [7, 11) is 0. The van der Waals surface area contributed by atoms with Crippen LogP contribution in [0.2, 0.25) is 0 Å². The van der Waals surface area contributed by atoms with Gasteiger partial charge in [-0.25, -0.2) is 0 Å². The van der Waals surface area contributed by atoms with Crippen molar-refractivity contribution in [3.05, 3.63) is 11.8 Å². The monoisotopic (exact) mass is 262 g/mol. The number of allylic oxidation sites excluding steroid dienone is 2. The second-order valence-corrected chi connectivity index (χ2v) is 5.07. The highest BCUT2D eigenvalue weighted by atomic mass is 16.5. The number of carbonyl (C=O) groups excluding carboxylic acids is 1. The molecule has 0 aromatic carbocycles. The average molecular weight is 262 g/mol. The van der Waals surface area contributed by atoms with E-state index in [4.69, 9.17) is 9.47 Å². The van der Waals surface area contributed by atoms with Crippen molar-refractivity contribution in [1.82, 2.24) is 0 Å². The zero-order valence-corrected chi connectivity index (χ0v) is 11.5. The predicted molar refractivity (Wildman–Crippen MR) is 73.5 cm³/mol. The highest BCUT2D eigenvalue weighted by molar-refractivity contribution is 6.07.